The second-order valence-corrected chi connectivity index (χ2v) is 3.92. The molecule has 0 unspecified atom stereocenters. The van der Waals surface area contributed by atoms with Crippen molar-refractivity contribution in [2.24, 2.45) is 0 Å². The first-order chi connectivity index (χ1) is 8.79. The van der Waals surface area contributed by atoms with Crippen LogP contribution in [0, 0.1) is 17.1 Å². The molecule has 0 atom stereocenters. The van der Waals surface area contributed by atoms with Gasteiger partial charge in [0.05, 0.1) is 0 Å². The zero-order valence-corrected chi connectivity index (χ0v) is 9.35. The fourth-order valence-electron chi connectivity index (χ4n) is 1.97. The first-order valence-corrected chi connectivity index (χ1v) is 5.47. The van der Waals surface area contributed by atoms with Crippen LogP contribution in [0.3, 0.4) is 0 Å². The quantitative estimate of drug-likeness (QED) is 0.638. The number of benzene rings is 2. The number of nitrogens with zero attached hydrogens (tertiary/aromatic N) is 1. The topological polar surface area (TPSA) is 36.9 Å². The predicted molar refractivity (Wildman–Crippen MR) is 66.3 cm³/mol. The van der Waals surface area contributed by atoms with Crippen molar-refractivity contribution < 1.29 is 8.81 Å². The molecule has 0 saturated heterocycles. The standard InChI is InChI=1S/C15H8FNO/c16-11-6-7-14-12(8-11)13(9-17)15(18-14)10-4-2-1-3-5-10/h1-8H. The molecule has 2 nitrogen and oxygen atoms in total. The number of fused-ring (bicyclic) bond motifs is 1. The summed E-state index contributed by atoms with van der Waals surface area (Å²) in [5.41, 5.74) is 1.70. The van der Waals surface area contributed by atoms with E-state index in [4.69, 9.17) is 4.42 Å². The molecule has 0 fully saturated rings. The van der Waals surface area contributed by atoms with Gasteiger partial charge in [-0.1, -0.05) is 30.3 Å². The highest BCUT2D eigenvalue weighted by Crippen LogP contribution is 2.33. The summed E-state index contributed by atoms with van der Waals surface area (Å²) in [5.74, 6) is 0.109. The van der Waals surface area contributed by atoms with E-state index in [-0.39, 0.29) is 5.82 Å². The summed E-state index contributed by atoms with van der Waals surface area (Å²) in [4.78, 5) is 0. The highest BCUT2D eigenvalue weighted by Gasteiger charge is 2.15. The van der Waals surface area contributed by atoms with Gasteiger partial charge in [0.2, 0.25) is 0 Å². The maximum absolute atomic E-state index is 13.2. The van der Waals surface area contributed by atoms with Crippen LogP contribution in [0.2, 0.25) is 0 Å². The van der Waals surface area contributed by atoms with Gasteiger partial charge in [0.15, 0.2) is 5.76 Å². The highest BCUT2D eigenvalue weighted by molar-refractivity contribution is 5.90. The number of hydrogen-bond donors (Lipinski definition) is 0. The van der Waals surface area contributed by atoms with E-state index in [9.17, 15) is 9.65 Å². The zero-order chi connectivity index (χ0) is 12.5. The number of furan rings is 1. The summed E-state index contributed by atoms with van der Waals surface area (Å²) in [6.07, 6.45) is 0. The van der Waals surface area contributed by atoms with Crippen LogP contribution in [0.25, 0.3) is 22.3 Å². The number of nitriles is 1. The van der Waals surface area contributed by atoms with Gasteiger partial charge in [-0.3, -0.25) is 0 Å². The van der Waals surface area contributed by atoms with E-state index in [0.29, 0.717) is 22.3 Å². The van der Waals surface area contributed by atoms with Crippen LogP contribution in [0.5, 0.6) is 0 Å². The Hall–Kier alpha value is -2.60. The lowest BCUT2D eigenvalue weighted by atomic mass is 10.1. The molecule has 3 heteroatoms. The molecule has 0 radical (unpaired) electrons. The highest BCUT2D eigenvalue weighted by atomic mass is 19.1. The summed E-state index contributed by atoms with van der Waals surface area (Å²) in [5, 5.41) is 9.74. The van der Waals surface area contributed by atoms with Gasteiger partial charge < -0.3 is 4.42 Å². The van der Waals surface area contributed by atoms with Crippen molar-refractivity contribution >= 4 is 11.0 Å². The van der Waals surface area contributed by atoms with E-state index in [0.717, 1.165) is 5.56 Å². The normalized spacial score (nSPS) is 10.4. The van der Waals surface area contributed by atoms with Gasteiger partial charge in [-0.05, 0) is 18.2 Å². The fourth-order valence-corrected chi connectivity index (χ4v) is 1.97. The van der Waals surface area contributed by atoms with Crippen LogP contribution in [0.15, 0.2) is 52.9 Å². The van der Waals surface area contributed by atoms with Crippen molar-refractivity contribution in [3.05, 3.63) is 59.9 Å². The maximum atomic E-state index is 13.2. The molecule has 1 heterocycles. The Bertz CT molecular complexity index is 753. The Morgan fingerprint density at radius 1 is 1.06 bits per heavy atom. The number of rotatable bonds is 1. The molecule has 0 aliphatic rings. The molecule has 86 valence electrons. The van der Waals surface area contributed by atoms with Crippen LogP contribution in [-0.2, 0) is 0 Å². The lowest BCUT2D eigenvalue weighted by molar-refractivity contribution is 0.619. The van der Waals surface area contributed by atoms with E-state index in [1.54, 1.807) is 0 Å². The van der Waals surface area contributed by atoms with Crippen LogP contribution < -0.4 is 0 Å². The zero-order valence-electron chi connectivity index (χ0n) is 9.35. The van der Waals surface area contributed by atoms with Gasteiger partial charge in [-0.15, -0.1) is 0 Å². The third kappa shape index (κ3) is 1.56. The summed E-state index contributed by atoms with van der Waals surface area (Å²) >= 11 is 0. The fraction of sp³-hybridized carbons (Fsp3) is 0. The van der Waals surface area contributed by atoms with Gasteiger partial charge in [0.1, 0.15) is 23.0 Å². The summed E-state index contributed by atoms with van der Waals surface area (Å²) < 4.78 is 18.9. The first-order valence-electron chi connectivity index (χ1n) is 5.47. The number of halogens is 1. The molecule has 0 amide bonds. The Morgan fingerprint density at radius 2 is 1.83 bits per heavy atom. The molecule has 0 aliphatic heterocycles. The number of hydrogen-bond acceptors (Lipinski definition) is 2. The molecule has 3 aromatic rings. The van der Waals surface area contributed by atoms with Gasteiger partial charge >= 0.3 is 0 Å². The van der Waals surface area contributed by atoms with Gasteiger partial charge in [0, 0.05) is 10.9 Å². The van der Waals surface area contributed by atoms with Crippen LogP contribution in [0.1, 0.15) is 5.56 Å². The molecular weight excluding hydrogens is 229 g/mol. The lowest BCUT2D eigenvalue weighted by Crippen LogP contribution is -1.78. The van der Waals surface area contributed by atoms with Crippen molar-refractivity contribution in [2.75, 3.05) is 0 Å². The molecule has 18 heavy (non-hydrogen) atoms. The van der Waals surface area contributed by atoms with E-state index >= 15 is 0 Å². The van der Waals surface area contributed by atoms with Crippen molar-refractivity contribution in [2.45, 2.75) is 0 Å². The summed E-state index contributed by atoms with van der Waals surface area (Å²) in [6.45, 7) is 0. The molecule has 3 rings (SSSR count). The van der Waals surface area contributed by atoms with Crippen molar-refractivity contribution in [3.8, 4) is 17.4 Å². The lowest BCUT2D eigenvalue weighted by Gasteiger charge is -1.95. The second-order valence-electron chi connectivity index (χ2n) is 3.92. The second kappa shape index (κ2) is 4.01. The monoisotopic (exact) mass is 237 g/mol. The van der Waals surface area contributed by atoms with Gasteiger partial charge in [-0.25, -0.2) is 4.39 Å². The molecule has 1 aromatic heterocycles. The molecule has 0 N–H and O–H groups in total. The van der Waals surface area contributed by atoms with E-state index in [2.05, 4.69) is 6.07 Å². The molecule has 0 saturated carbocycles. The Kier molecular flexibility index (Phi) is 2.35. The summed E-state index contributed by atoms with van der Waals surface area (Å²) in [7, 11) is 0. The van der Waals surface area contributed by atoms with Crippen LogP contribution >= 0.6 is 0 Å². The van der Waals surface area contributed by atoms with E-state index in [1.807, 2.05) is 30.3 Å². The minimum Gasteiger partial charge on any atom is -0.455 e. The largest absolute Gasteiger partial charge is 0.455 e. The third-order valence-electron chi connectivity index (χ3n) is 2.80. The minimum absolute atomic E-state index is 0.371. The molecule has 0 spiro atoms. The first kappa shape index (κ1) is 10.5. The minimum atomic E-state index is -0.376. The Morgan fingerprint density at radius 3 is 2.56 bits per heavy atom. The van der Waals surface area contributed by atoms with Crippen molar-refractivity contribution in [1.82, 2.24) is 0 Å². The third-order valence-corrected chi connectivity index (χ3v) is 2.80. The molecule has 2 aromatic carbocycles. The summed E-state index contributed by atoms with van der Waals surface area (Å²) in [6, 6.07) is 15.6. The smallest absolute Gasteiger partial charge is 0.153 e. The van der Waals surface area contributed by atoms with E-state index in [1.165, 1.54) is 18.2 Å². The predicted octanol–water partition coefficient (Wildman–Crippen LogP) is 4.11. The molecule has 0 aliphatic carbocycles. The Balaban J connectivity index is 2.34. The van der Waals surface area contributed by atoms with Crippen LogP contribution in [-0.4, -0.2) is 0 Å². The van der Waals surface area contributed by atoms with Crippen LogP contribution in [0.4, 0.5) is 4.39 Å². The molecule has 0 bridgehead atoms. The molecular formula is C15H8FNO. The van der Waals surface area contributed by atoms with Gasteiger partial charge in [0.25, 0.3) is 0 Å². The SMILES string of the molecule is N#Cc1c(-c2ccccc2)oc2ccc(F)cc12. The Labute approximate surface area is 103 Å². The average Bonchev–Trinajstić information content (AvgIpc) is 2.77. The van der Waals surface area contributed by atoms with Crippen molar-refractivity contribution in [3.63, 3.8) is 0 Å². The van der Waals surface area contributed by atoms with E-state index < -0.39 is 0 Å². The van der Waals surface area contributed by atoms with Gasteiger partial charge in [-0.2, -0.15) is 5.26 Å². The average molecular weight is 237 g/mol. The van der Waals surface area contributed by atoms with Crippen molar-refractivity contribution in [1.29, 1.82) is 5.26 Å². The maximum Gasteiger partial charge on any atom is 0.153 e.